The molecule has 1 heterocycles. The molecule has 0 fully saturated rings. The molecule has 3 nitrogen and oxygen atoms in total. The molecule has 1 amide bonds. The standard InChI is InChI=1S/C15H17NO2S2/c1-19-13-8-10-20-14(13)15(18)16-9-7-12(17)11-5-3-2-4-6-11/h2-6,8,10,12,17H,7,9H2,1H3,(H,16,18). The first-order valence-electron chi connectivity index (χ1n) is 6.35. The van der Waals surface area contributed by atoms with E-state index < -0.39 is 6.10 Å². The quantitative estimate of drug-likeness (QED) is 0.805. The lowest BCUT2D eigenvalue weighted by Gasteiger charge is -2.11. The van der Waals surface area contributed by atoms with Crippen molar-refractivity contribution in [3.8, 4) is 0 Å². The van der Waals surface area contributed by atoms with Gasteiger partial charge >= 0.3 is 0 Å². The van der Waals surface area contributed by atoms with Crippen molar-refractivity contribution in [1.82, 2.24) is 5.32 Å². The van der Waals surface area contributed by atoms with Gasteiger partial charge in [0.2, 0.25) is 0 Å². The van der Waals surface area contributed by atoms with E-state index in [2.05, 4.69) is 5.32 Å². The molecule has 106 valence electrons. The Bertz CT molecular complexity index is 554. The molecule has 2 rings (SSSR count). The number of nitrogens with one attached hydrogen (secondary N) is 1. The lowest BCUT2D eigenvalue weighted by Crippen LogP contribution is -2.25. The zero-order valence-electron chi connectivity index (χ0n) is 11.2. The predicted octanol–water partition coefficient (Wildman–Crippen LogP) is 3.32. The largest absolute Gasteiger partial charge is 0.388 e. The maximum Gasteiger partial charge on any atom is 0.262 e. The van der Waals surface area contributed by atoms with E-state index in [1.807, 2.05) is 48.0 Å². The van der Waals surface area contributed by atoms with Gasteiger partial charge in [-0.15, -0.1) is 23.1 Å². The highest BCUT2D eigenvalue weighted by Gasteiger charge is 2.13. The lowest BCUT2D eigenvalue weighted by molar-refractivity contribution is 0.0944. The molecule has 1 aromatic heterocycles. The summed E-state index contributed by atoms with van der Waals surface area (Å²) >= 11 is 3.01. The molecular weight excluding hydrogens is 290 g/mol. The Morgan fingerprint density at radius 3 is 2.80 bits per heavy atom. The van der Waals surface area contributed by atoms with Crippen molar-refractivity contribution in [3.63, 3.8) is 0 Å². The number of thioether (sulfide) groups is 1. The molecule has 0 aliphatic carbocycles. The van der Waals surface area contributed by atoms with Crippen LogP contribution < -0.4 is 5.32 Å². The van der Waals surface area contributed by atoms with Crippen molar-refractivity contribution in [2.75, 3.05) is 12.8 Å². The van der Waals surface area contributed by atoms with Gasteiger partial charge < -0.3 is 10.4 Å². The Kier molecular flexibility index (Phi) is 5.64. The number of thiophene rings is 1. The molecule has 0 spiro atoms. The van der Waals surface area contributed by atoms with Crippen LogP contribution in [0.15, 0.2) is 46.7 Å². The molecule has 2 aromatic rings. The van der Waals surface area contributed by atoms with Crippen LogP contribution in [0.5, 0.6) is 0 Å². The van der Waals surface area contributed by atoms with Gasteiger partial charge in [0.1, 0.15) is 4.88 Å². The van der Waals surface area contributed by atoms with Gasteiger partial charge in [0.25, 0.3) is 5.91 Å². The number of carbonyl (C=O) groups excluding carboxylic acids is 1. The SMILES string of the molecule is CSc1ccsc1C(=O)NCCC(O)c1ccccc1. The number of benzene rings is 1. The molecule has 1 unspecified atom stereocenters. The second-order valence-electron chi connectivity index (χ2n) is 4.29. The van der Waals surface area contributed by atoms with Gasteiger partial charge in [-0.05, 0) is 29.7 Å². The predicted molar refractivity (Wildman–Crippen MR) is 84.5 cm³/mol. The Hall–Kier alpha value is -1.30. The highest BCUT2D eigenvalue weighted by atomic mass is 32.2. The maximum absolute atomic E-state index is 12.0. The molecule has 1 aromatic carbocycles. The number of rotatable bonds is 6. The molecule has 0 radical (unpaired) electrons. The number of carbonyl (C=O) groups is 1. The van der Waals surface area contributed by atoms with Crippen LogP contribution in [-0.2, 0) is 0 Å². The van der Waals surface area contributed by atoms with Crippen molar-refractivity contribution in [1.29, 1.82) is 0 Å². The van der Waals surface area contributed by atoms with Crippen LogP contribution in [0, 0.1) is 0 Å². The minimum absolute atomic E-state index is 0.0652. The van der Waals surface area contributed by atoms with Crippen molar-refractivity contribution in [2.45, 2.75) is 17.4 Å². The second-order valence-corrected chi connectivity index (χ2v) is 6.05. The van der Waals surface area contributed by atoms with E-state index in [1.165, 1.54) is 11.3 Å². The highest BCUT2D eigenvalue weighted by Crippen LogP contribution is 2.25. The van der Waals surface area contributed by atoms with Crippen molar-refractivity contribution < 1.29 is 9.90 Å². The molecule has 0 saturated heterocycles. The van der Waals surface area contributed by atoms with Gasteiger partial charge in [0, 0.05) is 11.4 Å². The maximum atomic E-state index is 12.0. The monoisotopic (exact) mass is 307 g/mol. The van der Waals surface area contributed by atoms with E-state index in [4.69, 9.17) is 0 Å². The van der Waals surface area contributed by atoms with Crippen LogP contribution in [0.25, 0.3) is 0 Å². The summed E-state index contributed by atoms with van der Waals surface area (Å²) in [4.78, 5) is 13.7. The smallest absolute Gasteiger partial charge is 0.262 e. The first-order chi connectivity index (χ1) is 9.72. The average molecular weight is 307 g/mol. The van der Waals surface area contributed by atoms with Gasteiger partial charge in [-0.1, -0.05) is 30.3 Å². The summed E-state index contributed by atoms with van der Waals surface area (Å²) in [6.07, 6.45) is 1.92. The van der Waals surface area contributed by atoms with Crippen LogP contribution in [0.2, 0.25) is 0 Å². The first kappa shape index (κ1) is 15.1. The molecule has 0 aliphatic heterocycles. The Morgan fingerprint density at radius 1 is 1.35 bits per heavy atom. The first-order valence-corrected chi connectivity index (χ1v) is 8.45. The summed E-state index contributed by atoms with van der Waals surface area (Å²) in [5.41, 5.74) is 0.877. The van der Waals surface area contributed by atoms with Crippen LogP contribution in [0.1, 0.15) is 27.8 Å². The molecule has 20 heavy (non-hydrogen) atoms. The summed E-state index contributed by atoms with van der Waals surface area (Å²) in [5.74, 6) is -0.0652. The third kappa shape index (κ3) is 3.85. The fourth-order valence-corrected chi connectivity index (χ4v) is 3.53. The van der Waals surface area contributed by atoms with Crippen molar-refractivity contribution in [2.24, 2.45) is 0 Å². The Labute approximate surface area is 127 Å². The fourth-order valence-electron chi connectivity index (χ4n) is 1.87. The summed E-state index contributed by atoms with van der Waals surface area (Å²) in [6, 6.07) is 11.4. The number of aliphatic hydroxyl groups excluding tert-OH is 1. The fraction of sp³-hybridized carbons (Fsp3) is 0.267. The van der Waals surface area contributed by atoms with Gasteiger partial charge in [-0.3, -0.25) is 4.79 Å². The zero-order valence-corrected chi connectivity index (χ0v) is 12.8. The average Bonchev–Trinajstić information content (AvgIpc) is 2.96. The van der Waals surface area contributed by atoms with E-state index >= 15 is 0 Å². The summed E-state index contributed by atoms with van der Waals surface area (Å²) in [5, 5.41) is 14.8. The Balaban J connectivity index is 1.83. The van der Waals surface area contributed by atoms with Gasteiger partial charge in [-0.2, -0.15) is 0 Å². The summed E-state index contributed by atoms with van der Waals surface area (Å²) in [6.45, 7) is 0.459. The van der Waals surface area contributed by atoms with Gasteiger partial charge in [-0.25, -0.2) is 0 Å². The summed E-state index contributed by atoms with van der Waals surface area (Å²) in [7, 11) is 0. The van der Waals surface area contributed by atoms with E-state index in [0.717, 1.165) is 15.3 Å². The molecule has 0 bridgehead atoms. The number of aliphatic hydroxyl groups is 1. The topological polar surface area (TPSA) is 49.3 Å². The second kappa shape index (κ2) is 7.47. The van der Waals surface area contributed by atoms with Crippen molar-refractivity contribution in [3.05, 3.63) is 52.2 Å². The van der Waals surface area contributed by atoms with E-state index in [9.17, 15) is 9.90 Å². The van der Waals surface area contributed by atoms with E-state index in [0.29, 0.717) is 13.0 Å². The molecule has 0 aliphatic rings. The Morgan fingerprint density at radius 2 is 2.10 bits per heavy atom. The molecule has 1 atom stereocenters. The third-order valence-electron chi connectivity index (χ3n) is 2.94. The van der Waals surface area contributed by atoms with Gasteiger partial charge in [0.05, 0.1) is 6.10 Å². The number of hydrogen-bond donors (Lipinski definition) is 2. The molecule has 5 heteroatoms. The zero-order chi connectivity index (χ0) is 14.4. The van der Waals surface area contributed by atoms with Crippen LogP contribution >= 0.6 is 23.1 Å². The lowest BCUT2D eigenvalue weighted by atomic mass is 10.1. The summed E-state index contributed by atoms with van der Waals surface area (Å²) < 4.78 is 0. The van der Waals surface area contributed by atoms with Crippen LogP contribution in [0.4, 0.5) is 0 Å². The minimum atomic E-state index is -0.542. The van der Waals surface area contributed by atoms with E-state index in [-0.39, 0.29) is 5.91 Å². The van der Waals surface area contributed by atoms with Crippen LogP contribution in [0.3, 0.4) is 0 Å². The molecule has 0 saturated carbocycles. The van der Waals surface area contributed by atoms with E-state index in [1.54, 1.807) is 11.8 Å². The number of amides is 1. The van der Waals surface area contributed by atoms with Crippen LogP contribution in [-0.4, -0.2) is 23.8 Å². The molecule has 2 N–H and O–H groups in total. The normalized spacial score (nSPS) is 12.1. The minimum Gasteiger partial charge on any atom is -0.388 e. The van der Waals surface area contributed by atoms with Gasteiger partial charge in [0.15, 0.2) is 0 Å². The van der Waals surface area contributed by atoms with Crippen molar-refractivity contribution >= 4 is 29.0 Å². The third-order valence-corrected chi connectivity index (χ3v) is 4.77. The number of hydrogen-bond acceptors (Lipinski definition) is 4. The highest BCUT2D eigenvalue weighted by molar-refractivity contribution is 7.98. The molecular formula is C15H17NO2S2.